The average molecular weight is 508 g/mol. The van der Waals surface area contributed by atoms with Crippen molar-refractivity contribution in [2.45, 2.75) is 43.7 Å². The largest absolute Gasteiger partial charge is 0.493 e. The number of carbonyl (C=O) groups is 2. The molecule has 1 saturated heterocycles. The molecule has 1 heterocycles. The second kappa shape index (κ2) is 11.1. The minimum atomic E-state index is -2.15. The number of aliphatic hydroxyl groups excluding tert-OH is 1. The normalized spacial score (nSPS) is 17.2. The Morgan fingerprint density at radius 2 is 1.63 bits per heavy atom. The van der Waals surface area contributed by atoms with Gasteiger partial charge in [-0.3, -0.25) is 4.21 Å². The minimum absolute atomic E-state index is 0.0204. The lowest BCUT2D eigenvalue weighted by atomic mass is 10.2. The number of ether oxygens (including phenoxy) is 5. The lowest BCUT2D eigenvalue weighted by Gasteiger charge is -2.33. The zero-order valence-corrected chi connectivity index (χ0v) is 21.0. The van der Waals surface area contributed by atoms with E-state index in [-0.39, 0.29) is 13.2 Å². The lowest BCUT2D eigenvalue weighted by Crippen LogP contribution is -2.61. The molecular weight excluding hydrogens is 478 g/mol. The second-order valence-corrected chi connectivity index (χ2v) is 9.47. The van der Waals surface area contributed by atoms with Crippen LogP contribution in [0.15, 0.2) is 41.3 Å². The molecule has 3 atom stereocenters. The fourth-order valence-electron chi connectivity index (χ4n) is 3.49. The Balaban J connectivity index is 1.71. The summed E-state index contributed by atoms with van der Waals surface area (Å²) >= 11 is 0. The first-order valence-electron chi connectivity index (χ1n) is 10.8. The number of carbonyl (C=O) groups excluding carboxylic acids is 2. The van der Waals surface area contributed by atoms with Crippen LogP contribution in [0, 0.1) is 13.8 Å². The summed E-state index contributed by atoms with van der Waals surface area (Å²) in [6, 6.07) is 9.96. The summed E-state index contributed by atoms with van der Waals surface area (Å²) in [4.78, 5) is 24.3. The molecule has 2 N–H and O–H groups in total. The van der Waals surface area contributed by atoms with Gasteiger partial charge < -0.3 is 28.8 Å². The first-order valence-corrected chi connectivity index (χ1v) is 12.4. The van der Waals surface area contributed by atoms with Gasteiger partial charge in [-0.25, -0.2) is 14.9 Å². The van der Waals surface area contributed by atoms with E-state index in [2.05, 4.69) is 5.32 Å². The van der Waals surface area contributed by atoms with Gasteiger partial charge in [-0.1, -0.05) is 18.2 Å². The van der Waals surface area contributed by atoms with Crippen molar-refractivity contribution in [3.05, 3.63) is 47.5 Å². The van der Waals surface area contributed by atoms with Crippen molar-refractivity contribution in [2.75, 3.05) is 26.6 Å². The number of nitrogens with one attached hydrogen (secondary N) is 1. The molecule has 2 aromatic carbocycles. The zero-order chi connectivity index (χ0) is 25.8. The van der Waals surface area contributed by atoms with Gasteiger partial charge in [0.2, 0.25) is 0 Å². The number of para-hydroxylation sites is 1. The van der Waals surface area contributed by atoms with E-state index in [1.165, 1.54) is 7.11 Å². The summed E-state index contributed by atoms with van der Waals surface area (Å²) in [7, 11) is 0.274. The zero-order valence-electron chi connectivity index (χ0n) is 20.2. The smallest absolute Gasteiger partial charge is 0.422 e. The number of cyclic esters (lactones) is 2. The van der Waals surface area contributed by atoms with Crippen molar-refractivity contribution in [3.8, 4) is 17.2 Å². The molecule has 2 aromatic rings. The maximum Gasteiger partial charge on any atom is 0.422 e. The number of esters is 2. The van der Waals surface area contributed by atoms with Gasteiger partial charge in [0.25, 0.3) is 0 Å². The third-order valence-corrected chi connectivity index (χ3v) is 6.35. The fraction of sp³-hybridized carbons (Fsp3) is 0.417. The van der Waals surface area contributed by atoms with Gasteiger partial charge in [0.05, 0.1) is 17.9 Å². The average Bonchev–Trinajstić information content (AvgIpc) is 3.10. The van der Waals surface area contributed by atoms with Crippen LogP contribution in [0.5, 0.6) is 17.2 Å². The van der Waals surface area contributed by atoms with E-state index < -0.39 is 40.8 Å². The number of aliphatic hydroxyl groups is 1. The topological polar surface area (TPSA) is 130 Å². The number of methoxy groups -OCH3 is 1. The molecule has 0 saturated carbocycles. The van der Waals surface area contributed by atoms with Crippen molar-refractivity contribution < 1.29 is 42.6 Å². The Hall–Kier alpha value is -3.15. The first kappa shape index (κ1) is 26.5. The molecule has 0 aliphatic carbocycles. The van der Waals surface area contributed by atoms with Crippen molar-refractivity contribution in [3.63, 3.8) is 0 Å². The van der Waals surface area contributed by atoms with E-state index in [1.807, 2.05) is 26.0 Å². The fourth-order valence-corrected chi connectivity index (χ4v) is 4.28. The molecule has 1 aliphatic heterocycles. The number of hydrogen-bond donors (Lipinski definition) is 2. The number of aryl methyl sites for hydroxylation is 2. The van der Waals surface area contributed by atoms with Crippen molar-refractivity contribution in [1.82, 2.24) is 5.32 Å². The van der Waals surface area contributed by atoms with Crippen LogP contribution in [-0.2, 0) is 29.9 Å². The first-order chi connectivity index (χ1) is 16.6. The van der Waals surface area contributed by atoms with Gasteiger partial charge in [-0.05, 0) is 44.0 Å². The Labute approximate surface area is 205 Å². The molecule has 3 rings (SSSR count). The molecule has 3 unspecified atom stereocenters. The van der Waals surface area contributed by atoms with E-state index >= 15 is 0 Å². The molecule has 0 radical (unpaired) electrons. The van der Waals surface area contributed by atoms with Crippen LogP contribution >= 0.6 is 0 Å². The van der Waals surface area contributed by atoms with Crippen molar-refractivity contribution in [2.24, 2.45) is 0 Å². The van der Waals surface area contributed by atoms with Gasteiger partial charge in [0.1, 0.15) is 19.0 Å². The van der Waals surface area contributed by atoms with E-state index in [1.54, 1.807) is 37.4 Å². The molecule has 10 nitrogen and oxygen atoms in total. The van der Waals surface area contributed by atoms with Crippen LogP contribution < -0.4 is 19.5 Å². The molecule has 0 bridgehead atoms. The minimum Gasteiger partial charge on any atom is -0.493 e. The molecule has 0 aromatic heterocycles. The van der Waals surface area contributed by atoms with Crippen LogP contribution in [0.25, 0.3) is 0 Å². The van der Waals surface area contributed by atoms with Gasteiger partial charge >= 0.3 is 17.8 Å². The van der Waals surface area contributed by atoms with Crippen molar-refractivity contribution >= 4 is 22.7 Å². The third-order valence-electron chi connectivity index (χ3n) is 5.29. The van der Waals surface area contributed by atoms with E-state index in [9.17, 15) is 18.9 Å². The summed E-state index contributed by atoms with van der Waals surface area (Å²) in [5.41, 5.74) is 1.60. The third kappa shape index (κ3) is 6.11. The van der Waals surface area contributed by atoms with Crippen molar-refractivity contribution in [1.29, 1.82) is 0 Å². The second-order valence-electron chi connectivity index (χ2n) is 8.12. The van der Waals surface area contributed by atoms with Crippen LogP contribution in [0.1, 0.15) is 18.1 Å². The highest BCUT2D eigenvalue weighted by molar-refractivity contribution is 7.84. The van der Waals surface area contributed by atoms with Gasteiger partial charge in [-0.15, -0.1) is 0 Å². The number of hydrogen-bond acceptors (Lipinski definition) is 10. The SMILES string of the molecule is COc1cc(S(C)=O)c(C)cc1OCC(C)NC1(C(O)COc2ccccc2C)OC(=O)C(=O)O1. The van der Waals surface area contributed by atoms with Gasteiger partial charge in [0.15, 0.2) is 17.6 Å². The predicted octanol–water partition coefficient (Wildman–Crippen LogP) is 1.60. The Morgan fingerprint density at radius 1 is 1.00 bits per heavy atom. The molecule has 35 heavy (non-hydrogen) atoms. The predicted molar refractivity (Wildman–Crippen MR) is 126 cm³/mol. The van der Waals surface area contributed by atoms with Crippen LogP contribution in [0.3, 0.4) is 0 Å². The highest BCUT2D eigenvalue weighted by Gasteiger charge is 2.55. The molecule has 11 heteroatoms. The standard InChI is InChI=1S/C24H29NO9S/c1-14-8-6-7-9-17(14)32-13-21(26)24(33-22(27)23(28)34-24)25-16(3)12-31-19-10-15(2)20(35(5)29)11-18(19)30-4/h6-11,16,21,25-26H,12-13H2,1-5H3. The maximum atomic E-state index is 11.9. The molecule has 0 spiro atoms. The highest BCUT2D eigenvalue weighted by Crippen LogP contribution is 2.32. The number of benzene rings is 2. The maximum absolute atomic E-state index is 11.9. The van der Waals surface area contributed by atoms with Gasteiger partial charge in [-0.2, -0.15) is 0 Å². The van der Waals surface area contributed by atoms with E-state index in [0.29, 0.717) is 22.1 Å². The summed E-state index contributed by atoms with van der Waals surface area (Å²) in [5, 5.41) is 13.6. The molecule has 1 fully saturated rings. The summed E-state index contributed by atoms with van der Waals surface area (Å²) in [6.45, 7) is 5.03. The molecule has 0 amide bonds. The Kier molecular flexibility index (Phi) is 8.36. The monoisotopic (exact) mass is 507 g/mol. The van der Waals surface area contributed by atoms with E-state index in [0.717, 1.165) is 11.1 Å². The summed E-state index contributed by atoms with van der Waals surface area (Å²) in [5.74, 6) is -3.30. The van der Waals surface area contributed by atoms with Crippen LogP contribution in [-0.4, -0.2) is 65.9 Å². The quantitative estimate of drug-likeness (QED) is 0.342. The van der Waals surface area contributed by atoms with Crippen LogP contribution in [0.4, 0.5) is 0 Å². The molecule has 190 valence electrons. The number of rotatable bonds is 11. The van der Waals surface area contributed by atoms with Gasteiger partial charge in [0, 0.05) is 23.3 Å². The van der Waals surface area contributed by atoms with E-state index in [4.69, 9.17) is 23.7 Å². The summed E-state index contributed by atoms with van der Waals surface area (Å²) < 4.78 is 39.0. The molecular formula is C24H29NO9S. The Morgan fingerprint density at radius 3 is 2.23 bits per heavy atom. The Bertz CT molecular complexity index is 1100. The molecule has 1 aliphatic rings. The van der Waals surface area contributed by atoms with Crippen LogP contribution in [0.2, 0.25) is 0 Å². The highest BCUT2D eigenvalue weighted by atomic mass is 32.2. The summed E-state index contributed by atoms with van der Waals surface area (Å²) in [6.07, 6.45) is 0.0297. The lowest BCUT2D eigenvalue weighted by molar-refractivity contribution is -0.244.